The summed E-state index contributed by atoms with van der Waals surface area (Å²) in [6, 6.07) is 30.8. The van der Waals surface area contributed by atoms with Crippen molar-refractivity contribution >= 4 is 29.1 Å². The normalized spacial score (nSPS) is 12.9. The zero-order valence-electron chi connectivity index (χ0n) is 20.2. The first kappa shape index (κ1) is 20.3. The quantitative estimate of drug-likeness (QED) is 0.344. The molecule has 0 spiro atoms. The zero-order chi connectivity index (χ0) is 24.5. The molecular weight excluding hydrogens is 455 g/mol. The van der Waals surface area contributed by atoms with E-state index < -0.39 is 0 Å². The van der Waals surface area contributed by atoms with Gasteiger partial charge in [0.15, 0.2) is 0 Å². The molecule has 0 saturated heterocycles. The molecule has 0 radical (unpaired) electrons. The van der Waals surface area contributed by atoms with E-state index in [1.54, 1.807) is 17.2 Å². The number of hydrogen-bond acceptors (Lipinski definition) is 4. The van der Waals surface area contributed by atoms with Crippen LogP contribution in [0.1, 0.15) is 0 Å². The van der Waals surface area contributed by atoms with E-state index in [9.17, 15) is 0 Å². The van der Waals surface area contributed by atoms with E-state index in [1.165, 1.54) is 44.6 Å². The maximum Gasteiger partial charge on any atom is 0.329 e. The van der Waals surface area contributed by atoms with Crippen molar-refractivity contribution in [3.05, 3.63) is 110 Å². The summed E-state index contributed by atoms with van der Waals surface area (Å²) in [5.41, 5.74) is 11.9. The molecule has 0 unspecified atom stereocenters. The maximum atomic E-state index is 4.64. The van der Waals surface area contributed by atoms with Crippen molar-refractivity contribution in [1.29, 1.82) is 0 Å². The summed E-state index contributed by atoms with van der Waals surface area (Å²) in [7, 11) is 2.04. The minimum Gasteiger partial charge on any atom is -0.376 e. The van der Waals surface area contributed by atoms with Crippen molar-refractivity contribution in [2.75, 3.05) is 4.81 Å². The summed E-state index contributed by atoms with van der Waals surface area (Å²) in [5, 5.41) is 8.81. The molecule has 0 bridgehead atoms. The lowest BCUT2D eigenvalue weighted by Gasteiger charge is -2.43. The first-order valence-corrected chi connectivity index (χ1v) is 12.4. The Labute approximate surface area is 214 Å². The number of hydrogen-bond donors (Lipinski definition) is 0. The third-order valence-electron chi connectivity index (χ3n) is 7.57. The van der Waals surface area contributed by atoms with Crippen molar-refractivity contribution in [1.82, 2.24) is 24.5 Å². The number of rotatable bonds is 2. The van der Waals surface area contributed by atoms with Crippen LogP contribution in [0, 0.1) is 0 Å². The summed E-state index contributed by atoms with van der Waals surface area (Å²) in [4.78, 5) is 8.83. The second-order valence-corrected chi connectivity index (χ2v) is 9.56. The molecule has 0 fully saturated rings. The van der Waals surface area contributed by atoms with E-state index in [0.29, 0.717) is 0 Å². The average Bonchev–Trinajstić information content (AvgIpc) is 3.64. The summed E-state index contributed by atoms with van der Waals surface area (Å²) < 4.78 is 2.07. The highest BCUT2D eigenvalue weighted by Gasteiger charge is 2.42. The molecule has 4 heterocycles. The number of benzene rings is 4. The third kappa shape index (κ3) is 2.85. The summed E-state index contributed by atoms with van der Waals surface area (Å²) in [6.45, 7) is -0.00877. The number of imidazole rings is 1. The molecular formula is C30H21BN6. The molecule has 0 aliphatic carbocycles. The Morgan fingerprint density at radius 1 is 0.649 bits per heavy atom. The van der Waals surface area contributed by atoms with E-state index >= 15 is 0 Å². The highest BCUT2D eigenvalue weighted by Crippen LogP contribution is 2.46. The summed E-state index contributed by atoms with van der Waals surface area (Å²) >= 11 is 0. The molecule has 6 nitrogen and oxygen atoms in total. The van der Waals surface area contributed by atoms with Gasteiger partial charge >= 0.3 is 6.85 Å². The van der Waals surface area contributed by atoms with Crippen LogP contribution in [0.25, 0.3) is 39.3 Å². The minimum atomic E-state index is -0.00877. The number of nitrogens with zero attached hydrogens (tertiary/aromatic N) is 6. The van der Waals surface area contributed by atoms with E-state index in [0.717, 1.165) is 17.1 Å². The number of para-hydroxylation sites is 2. The topological polar surface area (TPSA) is 51.8 Å². The Morgan fingerprint density at radius 3 is 1.97 bits per heavy atom. The Kier molecular flexibility index (Phi) is 4.14. The Morgan fingerprint density at radius 2 is 1.30 bits per heavy atom. The third-order valence-corrected chi connectivity index (χ3v) is 7.57. The smallest absolute Gasteiger partial charge is 0.329 e. The second kappa shape index (κ2) is 7.55. The van der Waals surface area contributed by atoms with Crippen molar-refractivity contribution in [3.8, 4) is 39.3 Å². The molecule has 37 heavy (non-hydrogen) atoms. The van der Waals surface area contributed by atoms with Gasteiger partial charge in [-0.15, -0.1) is 0 Å². The summed E-state index contributed by atoms with van der Waals surface area (Å²) in [5.74, 6) is 0.958. The molecule has 2 aromatic heterocycles. The van der Waals surface area contributed by atoms with Gasteiger partial charge in [-0.05, 0) is 46.3 Å². The van der Waals surface area contributed by atoms with Crippen LogP contribution in [0.3, 0.4) is 0 Å². The van der Waals surface area contributed by atoms with Gasteiger partial charge in [-0.1, -0.05) is 60.7 Å². The van der Waals surface area contributed by atoms with Gasteiger partial charge in [0.1, 0.15) is 5.82 Å². The highest BCUT2D eigenvalue weighted by molar-refractivity contribution is 6.92. The Bertz CT molecular complexity index is 1820. The minimum absolute atomic E-state index is 0.00877. The van der Waals surface area contributed by atoms with Crippen LogP contribution in [0.2, 0.25) is 0 Å². The number of anilines is 2. The van der Waals surface area contributed by atoms with E-state index in [-0.39, 0.29) is 6.85 Å². The maximum absolute atomic E-state index is 4.64. The van der Waals surface area contributed by atoms with Crippen molar-refractivity contribution < 1.29 is 0 Å². The molecule has 0 amide bonds. The van der Waals surface area contributed by atoms with Crippen LogP contribution >= 0.6 is 0 Å². The van der Waals surface area contributed by atoms with Gasteiger partial charge in [-0.3, -0.25) is 0 Å². The van der Waals surface area contributed by atoms with Crippen LogP contribution in [0.5, 0.6) is 0 Å². The van der Waals surface area contributed by atoms with Gasteiger partial charge in [0.25, 0.3) is 0 Å². The SMILES string of the molecule is Cn1ccnc1-c1ccc2c(c1)B1c3cc(-n4nccn4)ccc3-c3ccccc3N1c1ccccc1-2. The van der Waals surface area contributed by atoms with E-state index in [1.807, 2.05) is 19.4 Å². The lowest BCUT2D eigenvalue weighted by Crippen LogP contribution is -2.59. The van der Waals surface area contributed by atoms with Gasteiger partial charge in [-0.25, -0.2) is 4.98 Å². The first-order valence-electron chi connectivity index (χ1n) is 12.4. The fraction of sp³-hybridized carbons (Fsp3) is 0.0333. The van der Waals surface area contributed by atoms with Crippen LogP contribution in [0.15, 0.2) is 110 Å². The summed E-state index contributed by atoms with van der Waals surface area (Å²) in [6.07, 6.45) is 7.27. The van der Waals surface area contributed by atoms with Gasteiger partial charge in [0, 0.05) is 47.5 Å². The van der Waals surface area contributed by atoms with Crippen molar-refractivity contribution in [3.63, 3.8) is 0 Å². The monoisotopic (exact) mass is 476 g/mol. The van der Waals surface area contributed by atoms with Crippen LogP contribution in [0.4, 0.5) is 11.4 Å². The molecule has 174 valence electrons. The largest absolute Gasteiger partial charge is 0.376 e. The molecule has 2 aliphatic heterocycles. The fourth-order valence-electron chi connectivity index (χ4n) is 5.99. The lowest BCUT2D eigenvalue weighted by atomic mass is 9.43. The zero-order valence-corrected chi connectivity index (χ0v) is 20.2. The number of aromatic nitrogens is 5. The molecule has 0 N–H and O–H groups in total. The molecule has 6 aromatic rings. The first-order chi connectivity index (χ1) is 18.3. The number of aryl methyl sites for hydroxylation is 1. The van der Waals surface area contributed by atoms with Gasteiger partial charge < -0.3 is 9.38 Å². The highest BCUT2D eigenvalue weighted by atomic mass is 15.5. The fourth-order valence-corrected chi connectivity index (χ4v) is 5.99. The Hall–Kier alpha value is -4.91. The van der Waals surface area contributed by atoms with Crippen molar-refractivity contribution in [2.45, 2.75) is 0 Å². The predicted molar refractivity (Wildman–Crippen MR) is 148 cm³/mol. The number of fused-ring (bicyclic) bond motifs is 11. The molecule has 7 heteroatoms. The predicted octanol–water partition coefficient (Wildman–Crippen LogP) is 4.57. The second-order valence-electron chi connectivity index (χ2n) is 9.56. The average molecular weight is 476 g/mol. The Balaban J connectivity index is 1.46. The molecule has 4 aromatic carbocycles. The van der Waals surface area contributed by atoms with Gasteiger partial charge in [-0.2, -0.15) is 15.0 Å². The molecule has 0 atom stereocenters. The molecule has 0 saturated carbocycles. The lowest BCUT2D eigenvalue weighted by molar-refractivity contribution is 0.752. The van der Waals surface area contributed by atoms with Gasteiger partial charge in [0.05, 0.1) is 18.1 Å². The van der Waals surface area contributed by atoms with Gasteiger partial charge in [0.2, 0.25) is 0 Å². The van der Waals surface area contributed by atoms with E-state index in [2.05, 4.69) is 109 Å². The van der Waals surface area contributed by atoms with Crippen LogP contribution < -0.4 is 15.7 Å². The molecule has 8 rings (SSSR count). The van der Waals surface area contributed by atoms with E-state index in [4.69, 9.17) is 0 Å². The molecule has 2 aliphatic rings. The van der Waals surface area contributed by atoms with Crippen LogP contribution in [-0.2, 0) is 7.05 Å². The van der Waals surface area contributed by atoms with Crippen LogP contribution in [-0.4, -0.2) is 31.4 Å². The van der Waals surface area contributed by atoms with Crippen molar-refractivity contribution in [2.24, 2.45) is 7.05 Å². The standard InChI is InChI=1S/C30H21BN6/c1-35-17-16-32-30(35)20-10-12-22-24-6-2-4-8-28(24)36-29-9-5-3-7-25(29)23-13-11-21(37-33-14-15-34-37)19-27(23)31(36)26(22)18-20/h2-19H,1H3.